The first kappa shape index (κ1) is 15.3. The molecule has 1 heterocycles. The third-order valence-electron chi connectivity index (χ3n) is 3.83. The van der Waals surface area contributed by atoms with E-state index in [-0.39, 0.29) is 17.9 Å². The van der Waals surface area contributed by atoms with Gasteiger partial charge in [0.05, 0.1) is 18.5 Å². The highest BCUT2D eigenvalue weighted by molar-refractivity contribution is 5.80. The van der Waals surface area contributed by atoms with Crippen molar-refractivity contribution in [2.24, 2.45) is 5.92 Å². The van der Waals surface area contributed by atoms with Gasteiger partial charge in [0, 0.05) is 12.1 Å². The molecule has 1 aliphatic heterocycles. The van der Waals surface area contributed by atoms with Gasteiger partial charge < -0.3 is 5.32 Å². The van der Waals surface area contributed by atoms with E-state index in [1.54, 1.807) is 0 Å². The Hall–Kier alpha value is -2.61. The molecule has 116 valence electrons. The van der Waals surface area contributed by atoms with Crippen molar-refractivity contribution >= 4 is 5.91 Å². The average Bonchev–Trinajstić information content (AvgIpc) is 3.10. The van der Waals surface area contributed by atoms with E-state index in [1.165, 1.54) is 0 Å². The Bertz CT molecular complexity index is 704. The number of carbonyl (C=O) groups excluding carboxylic acids is 1. The molecule has 4 nitrogen and oxygen atoms in total. The van der Waals surface area contributed by atoms with Crippen LogP contribution in [0.15, 0.2) is 60.7 Å². The molecule has 2 unspecified atom stereocenters. The Morgan fingerprint density at radius 3 is 2.52 bits per heavy atom. The molecule has 23 heavy (non-hydrogen) atoms. The second-order valence-corrected chi connectivity index (χ2v) is 5.41. The van der Waals surface area contributed by atoms with E-state index in [1.807, 2.05) is 60.7 Å². The SMILES string of the molecule is O=C(NCC#Cc1ccccc1)C1CNNC1c1ccccc1. The van der Waals surface area contributed by atoms with E-state index in [2.05, 4.69) is 28.0 Å². The van der Waals surface area contributed by atoms with Gasteiger partial charge in [-0.15, -0.1) is 0 Å². The van der Waals surface area contributed by atoms with Crippen LogP contribution in [0, 0.1) is 17.8 Å². The molecule has 0 bridgehead atoms. The molecular weight excluding hydrogens is 286 g/mol. The van der Waals surface area contributed by atoms with Gasteiger partial charge in [0.1, 0.15) is 0 Å². The number of carbonyl (C=O) groups is 1. The lowest BCUT2D eigenvalue weighted by Crippen LogP contribution is -2.35. The normalized spacial score (nSPS) is 19.7. The third-order valence-corrected chi connectivity index (χ3v) is 3.83. The van der Waals surface area contributed by atoms with Crippen LogP contribution in [0.1, 0.15) is 17.2 Å². The lowest BCUT2D eigenvalue weighted by molar-refractivity contribution is -0.124. The number of benzene rings is 2. The van der Waals surface area contributed by atoms with Crippen molar-refractivity contribution in [2.45, 2.75) is 6.04 Å². The van der Waals surface area contributed by atoms with Gasteiger partial charge in [0.25, 0.3) is 0 Å². The number of nitrogens with one attached hydrogen (secondary N) is 3. The molecule has 4 heteroatoms. The van der Waals surface area contributed by atoms with Crippen LogP contribution in [-0.2, 0) is 4.79 Å². The Labute approximate surface area is 136 Å². The molecule has 0 radical (unpaired) electrons. The summed E-state index contributed by atoms with van der Waals surface area (Å²) in [6.07, 6.45) is 0. The van der Waals surface area contributed by atoms with Crippen molar-refractivity contribution in [1.29, 1.82) is 0 Å². The first-order valence-electron chi connectivity index (χ1n) is 7.69. The molecule has 1 amide bonds. The fraction of sp³-hybridized carbons (Fsp3) is 0.211. The first-order chi connectivity index (χ1) is 11.3. The summed E-state index contributed by atoms with van der Waals surface area (Å²) in [7, 11) is 0. The lowest BCUT2D eigenvalue weighted by Gasteiger charge is -2.17. The molecule has 2 aromatic carbocycles. The fourth-order valence-electron chi connectivity index (χ4n) is 2.65. The molecule has 2 aromatic rings. The molecule has 1 saturated heterocycles. The maximum atomic E-state index is 12.4. The summed E-state index contributed by atoms with van der Waals surface area (Å²) in [6.45, 7) is 0.962. The van der Waals surface area contributed by atoms with Crippen LogP contribution in [0.5, 0.6) is 0 Å². The van der Waals surface area contributed by atoms with E-state index in [4.69, 9.17) is 0 Å². The molecule has 0 spiro atoms. The van der Waals surface area contributed by atoms with Crippen LogP contribution in [0.4, 0.5) is 0 Å². The Balaban J connectivity index is 1.57. The fourth-order valence-corrected chi connectivity index (χ4v) is 2.65. The predicted molar refractivity (Wildman–Crippen MR) is 90.1 cm³/mol. The zero-order chi connectivity index (χ0) is 15.9. The smallest absolute Gasteiger partial charge is 0.227 e. The molecule has 0 aromatic heterocycles. The molecule has 0 aliphatic carbocycles. The van der Waals surface area contributed by atoms with Crippen LogP contribution in [0.25, 0.3) is 0 Å². The van der Waals surface area contributed by atoms with E-state index >= 15 is 0 Å². The van der Waals surface area contributed by atoms with E-state index in [0.29, 0.717) is 13.1 Å². The zero-order valence-corrected chi connectivity index (χ0v) is 12.8. The highest BCUT2D eigenvalue weighted by Gasteiger charge is 2.33. The quantitative estimate of drug-likeness (QED) is 0.755. The van der Waals surface area contributed by atoms with Crippen molar-refractivity contribution in [3.05, 3.63) is 71.8 Å². The zero-order valence-electron chi connectivity index (χ0n) is 12.8. The topological polar surface area (TPSA) is 53.2 Å². The van der Waals surface area contributed by atoms with Gasteiger partial charge >= 0.3 is 0 Å². The summed E-state index contributed by atoms with van der Waals surface area (Å²) < 4.78 is 0. The lowest BCUT2D eigenvalue weighted by atomic mass is 9.94. The second-order valence-electron chi connectivity index (χ2n) is 5.41. The number of hydrazine groups is 1. The summed E-state index contributed by atoms with van der Waals surface area (Å²) in [6, 6.07) is 19.7. The van der Waals surface area contributed by atoms with E-state index in [0.717, 1.165) is 11.1 Å². The maximum Gasteiger partial charge on any atom is 0.227 e. The Kier molecular flexibility index (Phi) is 5.05. The molecule has 1 fully saturated rings. The van der Waals surface area contributed by atoms with Crippen molar-refractivity contribution in [2.75, 3.05) is 13.1 Å². The van der Waals surface area contributed by atoms with Crippen LogP contribution >= 0.6 is 0 Å². The van der Waals surface area contributed by atoms with Gasteiger partial charge in [-0.2, -0.15) is 0 Å². The summed E-state index contributed by atoms with van der Waals surface area (Å²) in [5.74, 6) is 5.90. The highest BCUT2D eigenvalue weighted by atomic mass is 16.2. The van der Waals surface area contributed by atoms with Crippen LogP contribution in [-0.4, -0.2) is 19.0 Å². The standard InChI is InChI=1S/C19H19N3O/c23-19(20-13-7-10-15-8-3-1-4-9-15)17-14-21-22-18(17)16-11-5-2-6-12-16/h1-6,8-9,11-12,17-18,21-22H,13-14H2,(H,20,23). The van der Waals surface area contributed by atoms with Gasteiger partial charge in [-0.3, -0.25) is 10.2 Å². The summed E-state index contributed by atoms with van der Waals surface area (Å²) >= 11 is 0. The predicted octanol–water partition coefficient (Wildman–Crippen LogP) is 1.62. The third kappa shape index (κ3) is 3.98. The van der Waals surface area contributed by atoms with Crippen LogP contribution < -0.4 is 16.2 Å². The molecule has 1 aliphatic rings. The summed E-state index contributed by atoms with van der Waals surface area (Å²) in [5, 5.41) is 2.90. The van der Waals surface area contributed by atoms with Crippen LogP contribution in [0.3, 0.4) is 0 Å². The van der Waals surface area contributed by atoms with Gasteiger partial charge in [-0.05, 0) is 17.7 Å². The first-order valence-corrected chi connectivity index (χ1v) is 7.69. The Morgan fingerprint density at radius 2 is 1.78 bits per heavy atom. The molecule has 0 saturated carbocycles. The van der Waals surface area contributed by atoms with E-state index < -0.39 is 0 Å². The van der Waals surface area contributed by atoms with Crippen molar-refractivity contribution in [3.8, 4) is 11.8 Å². The highest BCUT2D eigenvalue weighted by Crippen LogP contribution is 2.24. The second kappa shape index (κ2) is 7.59. The number of amides is 1. The van der Waals surface area contributed by atoms with Gasteiger partial charge in [0.15, 0.2) is 0 Å². The van der Waals surface area contributed by atoms with Crippen molar-refractivity contribution in [3.63, 3.8) is 0 Å². The molecule has 2 atom stereocenters. The minimum absolute atomic E-state index is 0.0127. The summed E-state index contributed by atoms with van der Waals surface area (Å²) in [5.41, 5.74) is 8.30. The van der Waals surface area contributed by atoms with Crippen molar-refractivity contribution in [1.82, 2.24) is 16.2 Å². The number of rotatable bonds is 3. The van der Waals surface area contributed by atoms with Crippen molar-refractivity contribution < 1.29 is 4.79 Å². The van der Waals surface area contributed by atoms with Crippen LogP contribution in [0.2, 0.25) is 0 Å². The largest absolute Gasteiger partial charge is 0.345 e. The monoisotopic (exact) mass is 305 g/mol. The number of hydrogen-bond acceptors (Lipinski definition) is 3. The minimum Gasteiger partial charge on any atom is -0.345 e. The van der Waals surface area contributed by atoms with Gasteiger partial charge in [-0.1, -0.05) is 60.4 Å². The Morgan fingerprint density at radius 1 is 1.09 bits per heavy atom. The van der Waals surface area contributed by atoms with Gasteiger partial charge in [0.2, 0.25) is 5.91 Å². The van der Waals surface area contributed by atoms with Gasteiger partial charge in [-0.25, -0.2) is 5.43 Å². The van der Waals surface area contributed by atoms with E-state index in [9.17, 15) is 4.79 Å². The molecular formula is C19H19N3O. The number of hydrogen-bond donors (Lipinski definition) is 3. The molecule has 3 rings (SSSR count). The average molecular weight is 305 g/mol. The summed E-state index contributed by atoms with van der Waals surface area (Å²) in [4.78, 5) is 12.4. The maximum absolute atomic E-state index is 12.4. The molecule has 3 N–H and O–H groups in total. The minimum atomic E-state index is -0.143.